The molecule has 1 saturated heterocycles. The van der Waals surface area contributed by atoms with Crippen LogP contribution in [0.2, 0.25) is 0 Å². The van der Waals surface area contributed by atoms with E-state index in [1.165, 1.54) is 16.7 Å². The van der Waals surface area contributed by atoms with Crippen molar-refractivity contribution in [3.05, 3.63) is 52.3 Å². The zero-order valence-electron chi connectivity index (χ0n) is 22.7. The van der Waals surface area contributed by atoms with Crippen molar-refractivity contribution in [3.63, 3.8) is 0 Å². The van der Waals surface area contributed by atoms with Crippen molar-refractivity contribution in [2.24, 2.45) is 12.8 Å². The van der Waals surface area contributed by atoms with Gasteiger partial charge < -0.3 is 15.5 Å². The standard InChI is InChI=1S/C28H38N8O/c1-18(2)23-15-25(33(5)32-23)36-10-9-22-21(16-36)28(35-13-11-34(12-14-35)17-24(29)37)31-27(30-22)26-19(3)7-6-8-20(26)4/h6-8,15,18H,9-14,16-17H2,1-5H3,(H2,29,37). The maximum Gasteiger partial charge on any atom is 0.231 e. The Bertz CT molecular complexity index is 1290. The Morgan fingerprint density at radius 3 is 2.35 bits per heavy atom. The molecule has 5 rings (SSSR count). The third-order valence-corrected chi connectivity index (χ3v) is 7.58. The minimum Gasteiger partial charge on any atom is -0.369 e. The van der Waals surface area contributed by atoms with Gasteiger partial charge in [-0.25, -0.2) is 9.97 Å². The minimum absolute atomic E-state index is 0.280. The summed E-state index contributed by atoms with van der Waals surface area (Å²) < 4.78 is 1.99. The van der Waals surface area contributed by atoms with Crippen molar-refractivity contribution >= 4 is 17.5 Å². The number of amides is 1. The van der Waals surface area contributed by atoms with Gasteiger partial charge in [0.05, 0.1) is 17.9 Å². The molecular formula is C28H38N8O. The molecule has 2 aliphatic heterocycles. The molecule has 0 atom stereocenters. The summed E-state index contributed by atoms with van der Waals surface area (Å²) in [7, 11) is 2.02. The van der Waals surface area contributed by atoms with Crippen LogP contribution in [0, 0.1) is 13.8 Å². The maximum absolute atomic E-state index is 11.5. The average molecular weight is 503 g/mol. The Morgan fingerprint density at radius 2 is 1.73 bits per heavy atom. The molecule has 2 N–H and O–H groups in total. The SMILES string of the molecule is Cc1cccc(C)c1-c1nc2c(c(N3CCN(CC(N)=O)CC3)n1)CN(c1cc(C(C)C)nn1C)CC2. The molecule has 0 unspecified atom stereocenters. The second-order valence-electron chi connectivity index (χ2n) is 10.7. The first-order valence-electron chi connectivity index (χ1n) is 13.2. The van der Waals surface area contributed by atoms with Gasteiger partial charge in [0.25, 0.3) is 0 Å². The lowest BCUT2D eigenvalue weighted by Crippen LogP contribution is -2.49. The van der Waals surface area contributed by atoms with Gasteiger partial charge in [0.15, 0.2) is 5.82 Å². The van der Waals surface area contributed by atoms with E-state index in [9.17, 15) is 4.79 Å². The third kappa shape index (κ3) is 5.05. The number of benzene rings is 1. The average Bonchev–Trinajstić information content (AvgIpc) is 3.25. The van der Waals surface area contributed by atoms with E-state index < -0.39 is 0 Å². The Hall–Kier alpha value is -3.46. The molecule has 1 aromatic carbocycles. The molecule has 37 heavy (non-hydrogen) atoms. The number of piperazine rings is 1. The molecule has 0 aliphatic carbocycles. The molecule has 2 aromatic heterocycles. The fourth-order valence-electron chi connectivity index (χ4n) is 5.53. The highest BCUT2D eigenvalue weighted by Crippen LogP contribution is 2.34. The van der Waals surface area contributed by atoms with Crippen molar-refractivity contribution < 1.29 is 4.79 Å². The van der Waals surface area contributed by atoms with Crippen LogP contribution in [0.1, 0.15) is 47.8 Å². The first-order valence-corrected chi connectivity index (χ1v) is 13.2. The molecule has 196 valence electrons. The van der Waals surface area contributed by atoms with Gasteiger partial charge in [-0.05, 0) is 30.9 Å². The van der Waals surface area contributed by atoms with Gasteiger partial charge in [-0.15, -0.1) is 0 Å². The van der Waals surface area contributed by atoms with Crippen molar-refractivity contribution in [2.45, 2.75) is 46.6 Å². The van der Waals surface area contributed by atoms with Crippen molar-refractivity contribution in [1.82, 2.24) is 24.6 Å². The van der Waals surface area contributed by atoms with E-state index in [2.05, 4.69) is 66.7 Å². The Morgan fingerprint density at radius 1 is 1.03 bits per heavy atom. The number of aryl methyl sites for hydroxylation is 3. The number of hydrogen-bond donors (Lipinski definition) is 1. The number of fused-ring (bicyclic) bond motifs is 1. The number of nitrogens with zero attached hydrogens (tertiary/aromatic N) is 7. The zero-order chi connectivity index (χ0) is 26.3. The molecular weight excluding hydrogens is 464 g/mol. The van der Waals surface area contributed by atoms with Crippen molar-refractivity contribution in [2.75, 3.05) is 49.1 Å². The molecule has 3 aromatic rings. The van der Waals surface area contributed by atoms with E-state index in [0.717, 1.165) is 80.1 Å². The number of hydrogen-bond acceptors (Lipinski definition) is 7. The van der Waals surface area contributed by atoms with Gasteiger partial charge in [-0.2, -0.15) is 5.10 Å². The van der Waals surface area contributed by atoms with E-state index in [-0.39, 0.29) is 5.91 Å². The molecule has 4 heterocycles. The highest BCUT2D eigenvalue weighted by molar-refractivity contribution is 5.76. The predicted octanol–water partition coefficient (Wildman–Crippen LogP) is 2.79. The van der Waals surface area contributed by atoms with Gasteiger partial charge in [0.2, 0.25) is 5.91 Å². The lowest BCUT2D eigenvalue weighted by Gasteiger charge is -2.38. The summed E-state index contributed by atoms with van der Waals surface area (Å²) >= 11 is 0. The van der Waals surface area contributed by atoms with E-state index in [0.29, 0.717) is 12.5 Å². The Labute approximate surface area is 219 Å². The van der Waals surface area contributed by atoms with Gasteiger partial charge >= 0.3 is 0 Å². The highest BCUT2D eigenvalue weighted by atomic mass is 16.1. The second kappa shape index (κ2) is 10.1. The molecule has 9 heteroatoms. The monoisotopic (exact) mass is 502 g/mol. The number of carbonyl (C=O) groups excluding carboxylic acids is 1. The molecule has 0 radical (unpaired) electrons. The highest BCUT2D eigenvalue weighted by Gasteiger charge is 2.29. The first-order chi connectivity index (χ1) is 17.7. The summed E-state index contributed by atoms with van der Waals surface area (Å²) in [5.41, 5.74) is 12.4. The van der Waals surface area contributed by atoms with Crippen LogP contribution in [0.15, 0.2) is 24.3 Å². The molecule has 2 aliphatic rings. The fourth-order valence-corrected chi connectivity index (χ4v) is 5.53. The van der Waals surface area contributed by atoms with E-state index >= 15 is 0 Å². The van der Waals surface area contributed by atoms with Crippen molar-refractivity contribution in [3.8, 4) is 11.4 Å². The fraction of sp³-hybridized carbons (Fsp3) is 0.500. The van der Waals surface area contributed by atoms with E-state index in [1.54, 1.807) is 0 Å². The molecule has 0 spiro atoms. The van der Waals surface area contributed by atoms with Crippen LogP contribution in [0.3, 0.4) is 0 Å². The summed E-state index contributed by atoms with van der Waals surface area (Å²) in [4.78, 5) is 28.7. The van der Waals surface area contributed by atoms with E-state index in [1.807, 2.05) is 11.7 Å². The summed E-state index contributed by atoms with van der Waals surface area (Å²) in [6.07, 6.45) is 0.854. The van der Waals surface area contributed by atoms with Crippen LogP contribution in [-0.4, -0.2) is 69.8 Å². The van der Waals surface area contributed by atoms with Crippen molar-refractivity contribution in [1.29, 1.82) is 0 Å². The van der Waals surface area contributed by atoms with Gasteiger partial charge in [-0.3, -0.25) is 14.4 Å². The number of aromatic nitrogens is 4. The van der Waals surface area contributed by atoms with Crippen LogP contribution in [0.25, 0.3) is 11.4 Å². The summed E-state index contributed by atoms with van der Waals surface area (Å²) in [6, 6.07) is 8.56. The maximum atomic E-state index is 11.5. The number of carbonyl (C=O) groups is 1. The normalized spacial score (nSPS) is 16.4. The largest absolute Gasteiger partial charge is 0.369 e. The number of anilines is 2. The van der Waals surface area contributed by atoms with Crippen LogP contribution in [0.5, 0.6) is 0 Å². The third-order valence-electron chi connectivity index (χ3n) is 7.58. The van der Waals surface area contributed by atoms with Gasteiger partial charge in [-0.1, -0.05) is 32.0 Å². The first kappa shape index (κ1) is 25.2. The summed E-state index contributed by atoms with van der Waals surface area (Å²) in [6.45, 7) is 13.7. The smallest absolute Gasteiger partial charge is 0.231 e. The topological polar surface area (TPSA) is 96.4 Å². The number of rotatable bonds is 6. The summed E-state index contributed by atoms with van der Waals surface area (Å²) in [5, 5.41) is 4.75. The number of primary amides is 1. The van der Waals surface area contributed by atoms with Crippen LogP contribution in [0.4, 0.5) is 11.6 Å². The summed E-state index contributed by atoms with van der Waals surface area (Å²) in [5.74, 6) is 3.05. The molecule has 1 amide bonds. The minimum atomic E-state index is -0.280. The second-order valence-corrected chi connectivity index (χ2v) is 10.7. The van der Waals surface area contributed by atoms with Gasteiger partial charge in [0, 0.05) is 69.9 Å². The van der Waals surface area contributed by atoms with E-state index in [4.69, 9.17) is 20.8 Å². The number of nitrogens with two attached hydrogens (primary N) is 1. The van der Waals surface area contributed by atoms with Crippen LogP contribution >= 0.6 is 0 Å². The Balaban J connectivity index is 1.53. The molecule has 1 fully saturated rings. The lowest BCUT2D eigenvalue weighted by molar-refractivity contribution is -0.119. The predicted molar refractivity (Wildman–Crippen MR) is 147 cm³/mol. The quantitative estimate of drug-likeness (QED) is 0.554. The lowest BCUT2D eigenvalue weighted by atomic mass is 10.0. The molecule has 0 saturated carbocycles. The molecule has 9 nitrogen and oxygen atoms in total. The molecule has 0 bridgehead atoms. The van der Waals surface area contributed by atoms with Gasteiger partial charge in [0.1, 0.15) is 11.6 Å². The van der Waals surface area contributed by atoms with Crippen LogP contribution in [-0.2, 0) is 24.8 Å². The zero-order valence-corrected chi connectivity index (χ0v) is 22.7. The Kier molecular flexibility index (Phi) is 6.90. The van der Waals surface area contributed by atoms with Crippen LogP contribution < -0.4 is 15.5 Å².